The Kier molecular flexibility index (Phi) is 7.53. The van der Waals surface area contributed by atoms with Gasteiger partial charge in [0, 0.05) is 22.3 Å². The van der Waals surface area contributed by atoms with Crippen molar-refractivity contribution < 1.29 is 0 Å². The number of hydrogen-bond donors (Lipinski definition) is 0. The van der Waals surface area contributed by atoms with Crippen molar-refractivity contribution in [3.8, 4) is 67.3 Å². The zero-order valence-electron chi connectivity index (χ0n) is 27.4. The molecule has 0 N–H and O–H groups in total. The molecule has 0 saturated heterocycles. The average Bonchev–Trinajstić information content (AvgIpc) is 3.21. The molecule has 0 amide bonds. The summed E-state index contributed by atoms with van der Waals surface area (Å²) in [5.74, 6) is 0. The van der Waals surface area contributed by atoms with Crippen molar-refractivity contribution in [1.29, 1.82) is 0 Å². The van der Waals surface area contributed by atoms with Gasteiger partial charge in [0.1, 0.15) is 0 Å². The van der Waals surface area contributed by atoms with E-state index in [0.717, 1.165) is 67.3 Å². The molecule has 2 heteroatoms. The SMILES string of the molecule is c1ccc(-c2cc(-c3cccc(-c4cc(-c5ccccc5)cc(-c5ccc6ccccc6c5)n4)c3)nc(-c3ccc4ccccc4c3)c2)cc1. The van der Waals surface area contributed by atoms with E-state index in [0.29, 0.717) is 0 Å². The summed E-state index contributed by atoms with van der Waals surface area (Å²) in [5.41, 5.74) is 12.6. The highest BCUT2D eigenvalue weighted by atomic mass is 14.7. The van der Waals surface area contributed by atoms with Gasteiger partial charge < -0.3 is 0 Å². The summed E-state index contributed by atoms with van der Waals surface area (Å²) in [5, 5.41) is 4.84. The van der Waals surface area contributed by atoms with E-state index >= 15 is 0 Å². The van der Waals surface area contributed by atoms with Gasteiger partial charge in [0.05, 0.1) is 22.8 Å². The molecule has 0 radical (unpaired) electrons. The molecule has 50 heavy (non-hydrogen) atoms. The topological polar surface area (TPSA) is 25.8 Å². The van der Waals surface area contributed by atoms with Crippen LogP contribution < -0.4 is 0 Å². The summed E-state index contributed by atoms with van der Waals surface area (Å²) in [7, 11) is 0. The fourth-order valence-corrected chi connectivity index (χ4v) is 6.78. The number of rotatable bonds is 6. The maximum absolute atomic E-state index is 5.28. The molecular formula is C48H32N2. The van der Waals surface area contributed by atoms with E-state index in [1.165, 1.54) is 21.5 Å². The summed E-state index contributed by atoms with van der Waals surface area (Å²) in [6.45, 7) is 0. The van der Waals surface area contributed by atoms with Gasteiger partial charge in [-0.25, -0.2) is 9.97 Å². The minimum Gasteiger partial charge on any atom is -0.248 e. The highest BCUT2D eigenvalue weighted by Gasteiger charge is 2.13. The third kappa shape index (κ3) is 5.85. The summed E-state index contributed by atoms with van der Waals surface area (Å²) >= 11 is 0. The van der Waals surface area contributed by atoms with Gasteiger partial charge >= 0.3 is 0 Å². The van der Waals surface area contributed by atoms with Crippen LogP contribution in [0.25, 0.3) is 88.8 Å². The Bertz CT molecular complexity index is 2460. The first-order chi connectivity index (χ1) is 24.7. The van der Waals surface area contributed by atoms with Gasteiger partial charge in [-0.3, -0.25) is 0 Å². The quantitative estimate of drug-likeness (QED) is 0.181. The largest absolute Gasteiger partial charge is 0.248 e. The third-order valence-corrected chi connectivity index (χ3v) is 9.41. The first-order valence-electron chi connectivity index (χ1n) is 17.0. The molecule has 9 aromatic rings. The van der Waals surface area contributed by atoms with E-state index in [4.69, 9.17) is 9.97 Å². The normalized spacial score (nSPS) is 11.2. The second-order valence-corrected chi connectivity index (χ2v) is 12.7. The van der Waals surface area contributed by atoms with Crippen LogP contribution in [0, 0.1) is 0 Å². The molecule has 2 nitrogen and oxygen atoms in total. The highest BCUT2D eigenvalue weighted by molar-refractivity contribution is 5.89. The van der Waals surface area contributed by atoms with Crippen LogP contribution in [0.3, 0.4) is 0 Å². The van der Waals surface area contributed by atoms with Gasteiger partial charge in [0.2, 0.25) is 0 Å². The first kappa shape index (κ1) is 29.5. The van der Waals surface area contributed by atoms with Crippen LogP contribution in [0.1, 0.15) is 0 Å². The lowest BCUT2D eigenvalue weighted by Gasteiger charge is -2.13. The van der Waals surface area contributed by atoms with Crippen LogP contribution in [-0.4, -0.2) is 9.97 Å². The van der Waals surface area contributed by atoms with Crippen molar-refractivity contribution in [2.75, 3.05) is 0 Å². The van der Waals surface area contributed by atoms with Gasteiger partial charge in [0.15, 0.2) is 0 Å². The van der Waals surface area contributed by atoms with Gasteiger partial charge in [-0.1, -0.05) is 152 Å². The molecule has 7 aromatic carbocycles. The zero-order valence-corrected chi connectivity index (χ0v) is 27.4. The van der Waals surface area contributed by atoms with Crippen molar-refractivity contribution in [2.24, 2.45) is 0 Å². The second-order valence-electron chi connectivity index (χ2n) is 12.7. The molecule has 0 aliphatic carbocycles. The highest BCUT2D eigenvalue weighted by Crippen LogP contribution is 2.35. The summed E-state index contributed by atoms with van der Waals surface area (Å²) < 4.78 is 0. The first-order valence-corrected chi connectivity index (χ1v) is 17.0. The zero-order chi connectivity index (χ0) is 33.3. The second kappa shape index (κ2) is 12.8. The lowest BCUT2D eigenvalue weighted by molar-refractivity contribution is 1.31. The van der Waals surface area contributed by atoms with E-state index in [1.54, 1.807) is 0 Å². The van der Waals surface area contributed by atoms with Crippen molar-refractivity contribution in [3.63, 3.8) is 0 Å². The molecule has 2 heterocycles. The van der Waals surface area contributed by atoms with Gasteiger partial charge in [-0.05, 0) is 86.3 Å². The van der Waals surface area contributed by atoms with Crippen LogP contribution >= 0.6 is 0 Å². The fraction of sp³-hybridized carbons (Fsp3) is 0. The molecule has 0 fully saturated rings. The van der Waals surface area contributed by atoms with E-state index in [2.05, 4.69) is 194 Å². The average molecular weight is 637 g/mol. The minimum absolute atomic E-state index is 0.922. The van der Waals surface area contributed by atoms with Crippen molar-refractivity contribution >= 4 is 21.5 Å². The Labute approximate surface area is 292 Å². The predicted octanol–water partition coefficient (Wildman–Crippen LogP) is 12.8. The van der Waals surface area contributed by atoms with E-state index in [9.17, 15) is 0 Å². The van der Waals surface area contributed by atoms with Crippen LogP contribution in [0.5, 0.6) is 0 Å². The van der Waals surface area contributed by atoms with Gasteiger partial charge in [0.25, 0.3) is 0 Å². The van der Waals surface area contributed by atoms with E-state index in [1.807, 2.05) is 0 Å². The van der Waals surface area contributed by atoms with Gasteiger partial charge in [-0.15, -0.1) is 0 Å². The maximum atomic E-state index is 5.28. The van der Waals surface area contributed by atoms with E-state index in [-0.39, 0.29) is 0 Å². The molecule has 0 aliphatic heterocycles. The number of benzene rings is 7. The maximum Gasteiger partial charge on any atom is 0.0715 e. The monoisotopic (exact) mass is 636 g/mol. The molecule has 2 aromatic heterocycles. The lowest BCUT2D eigenvalue weighted by atomic mass is 9.96. The molecule has 0 atom stereocenters. The lowest BCUT2D eigenvalue weighted by Crippen LogP contribution is -1.94. The molecule has 0 unspecified atom stereocenters. The summed E-state index contributed by atoms with van der Waals surface area (Å²) in [4.78, 5) is 10.6. The summed E-state index contributed by atoms with van der Waals surface area (Å²) in [6, 6.07) is 68.7. The Balaban J connectivity index is 1.19. The predicted molar refractivity (Wildman–Crippen MR) is 210 cm³/mol. The van der Waals surface area contributed by atoms with Gasteiger partial charge in [-0.2, -0.15) is 0 Å². The molecule has 0 spiro atoms. The number of aromatic nitrogens is 2. The Hall–Kier alpha value is -6.64. The Morgan fingerprint density at radius 3 is 0.960 bits per heavy atom. The number of hydrogen-bond acceptors (Lipinski definition) is 2. The minimum atomic E-state index is 0.922. The summed E-state index contributed by atoms with van der Waals surface area (Å²) in [6.07, 6.45) is 0. The molecule has 0 aliphatic rings. The van der Waals surface area contributed by atoms with Crippen molar-refractivity contribution in [3.05, 3.63) is 194 Å². The Morgan fingerprint density at radius 2 is 0.540 bits per heavy atom. The number of fused-ring (bicyclic) bond motifs is 2. The van der Waals surface area contributed by atoms with Crippen LogP contribution in [0.4, 0.5) is 0 Å². The molecular weight excluding hydrogens is 605 g/mol. The van der Waals surface area contributed by atoms with Crippen LogP contribution in [0.15, 0.2) is 194 Å². The molecule has 234 valence electrons. The Morgan fingerprint density at radius 1 is 0.200 bits per heavy atom. The number of pyridine rings is 2. The standard InChI is InChI=1S/C48H32N2/c1-3-12-33(13-4-1)43-29-45(49-47(31-43)41-24-22-35-16-7-9-18-37(35)26-41)39-20-11-21-40(28-39)46-30-44(34-14-5-2-6-15-34)32-48(50-46)42-25-23-36-17-8-10-19-38(36)27-42/h1-32H. The van der Waals surface area contributed by atoms with Crippen LogP contribution in [0.2, 0.25) is 0 Å². The van der Waals surface area contributed by atoms with E-state index < -0.39 is 0 Å². The number of nitrogens with zero attached hydrogens (tertiary/aromatic N) is 2. The molecule has 0 saturated carbocycles. The third-order valence-electron chi connectivity index (χ3n) is 9.41. The van der Waals surface area contributed by atoms with Crippen LogP contribution in [-0.2, 0) is 0 Å². The molecule has 9 rings (SSSR count). The smallest absolute Gasteiger partial charge is 0.0715 e. The molecule has 0 bridgehead atoms. The van der Waals surface area contributed by atoms with Crippen molar-refractivity contribution in [1.82, 2.24) is 9.97 Å². The van der Waals surface area contributed by atoms with Crippen molar-refractivity contribution in [2.45, 2.75) is 0 Å². The fourth-order valence-electron chi connectivity index (χ4n) is 6.78.